The van der Waals surface area contributed by atoms with E-state index in [4.69, 9.17) is 0 Å². The molecule has 2 N–H and O–H groups in total. The number of hydrogen-bond acceptors (Lipinski definition) is 6. The number of phenols is 2. The van der Waals surface area contributed by atoms with E-state index >= 15 is 0 Å². The highest BCUT2D eigenvalue weighted by molar-refractivity contribution is 6.20. The standard InChI is InChI=1S/C16H12N4O2/c21-13-7-4-8-14(22)15(13)18-20-16-12(10-17-19-16)9-11-5-2-1-3-6-11/h1-10,21-22H/b12-9+,20-18?. The number of nitrogens with zero attached hydrogens (tertiary/aromatic N) is 4. The van der Waals surface area contributed by atoms with Gasteiger partial charge in [0.2, 0.25) is 5.84 Å². The zero-order chi connectivity index (χ0) is 15.4. The third-order valence-corrected chi connectivity index (χ3v) is 2.97. The molecule has 1 aliphatic heterocycles. The van der Waals surface area contributed by atoms with Crippen LogP contribution in [0.3, 0.4) is 0 Å². The Morgan fingerprint density at radius 1 is 0.864 bits per heavy atom. The second-order valence-corrected chi connectivity index (χ2v) is 4.52. The van der Waals surface area contributed by atoms with E-state index in [1.54, 1.807) is 6.21 Å². The van der Waals surface area contributed by atoms with E-state index in [9.17, 15) is 10.2 Å². The van der Waals surface area contributed by atoms with Crippen LogP contribution in [0.2, 0.25) is 0 Å². The smallest absolute Gasteiger partial charge is 0.205 e. The second-order valence-electron chi connectivity index (χ2n) is 4.52. The molecule has 1 aliphatic rings. The normalized spacial score (nSPS) is 15.6. The van der Waals surface area contributed by atoms with E-state index in [0.717, 1.165) is 5.56 Å². The van der Waals surface area contributed by atoms with Crippen molar-refractivity contribution in [3.63, 3.8) is 0 Å². The van der Waals surface area contributed by atoms with Gasteiger partial charge < -0.3 is 10.2 Å². The lowest BCUT2D eigenvalue weighted by Gasteiger charge is -2.00. The van der Waals surface area contributed by atoms with E-state index in [0.29, 0.717) is 11.4 Å². The van der Waals surface area contributed by atoms with Crippen molar-refractivity contribution >= 4 is 23.8 Å². The van der Waals surface area contributed by atoms with Gasteiger partial charge in [0.15, 0.2) is 5.69 Å². The lowest BCUT2D eigenvalue weighted by Crippen LogP contribution is -1.94. The van der Waals surface area contributed by atoms with Gasteiger partial charge in [-0.05, 0) is 23.8 Å². The Morgan fingerprint density at radius 2 is 1.59 bits per heavy atom. The molecular weight excluding hydrogens is 280 g/mol. The Morgan fingerprint density at radius 3 is 2.32 bits per heavy atom. The molecule has 6 nitrogen and oxygen atoms in total. The summed E-state index contributed by atoms with van der Waals surface area (Å²) in [6.07, 6.45) is 3.45. The summed E-state index contributed by atoms with van der Waals surface area (Å²) in [4.78, 5) is 0. The van der Waals surface area contributed by atoms with Gasteiger partial charge in [0.1, 0.15) is 11.5 Å². The monoisotopic (exact) mass is 292 g/mol. The summed E-state index contributed by atoms with van der Waals surface area (Å²) in [5.41, 5.74) is 1.68. The number of hydrogen-bond donors (Lipinski definition) is 2. The van der Waals surface area contributed by atoms with Crippen LogP contribution in [0.4, 0.5) is 5.69 Å². The van der Waals surface area contributed by atoms with E-state index < -0.39 is 0 Å². The predicted molar refractivity (Wildman–Crippen MR) is 84.6 cm³/mol. The Labute approximate surface area is 126 Å². The van der Waals surface area contributed by atoms with Gasteiger partial charge in [-0.15, -0.1) is 15.3 Å². The molecule has 2 aromatic rings. The lowest BCUT2D eigenvalue weighted by molar-refractivity contribution is 0.453. The first-order chi connectivity index (χ1) is 10.7. The van der Waals surface area contributed by atoms with Crippen LogP contribution >= 0.6 is 0 Å². The minimum atomic E-state index is -0.156. The summed E-state index contributed by atoms with van der Waals surface area (Å²) in [6, 6.07) is 14.0. The van der Waals surface area contributed by atoms with Crippen LogP contribution in [0, 0.1) is 0 Å². The van der Waals surface area contributed by atoms with Crippen LogP contribution in [-0.4, -0.2) is 22.3 Å². The molecule has 0 atom stereocenters. The van der Waals surface area contributed by atoms with Gasteiger partial charge in [-0.3, -0.25) is 0 Å². The van der Waals surface area contributed by atoms with Gasteiger partial charge in [0, 0.05) is 5.57 Å². The van der Waals surface area contributed by atoms with Crippen molar-refractivity contribution in [2.75, 3.05) is 0 Å². The van der Waals surface area contributed by atoms with Gasteiger partial charge in [0.25, 0.3) is 0 Å². The van der Waals surface area contributed by atoms with Crippen LogP contribution in [0.25, 0.3) is 6.08 Å². The van der Waals surface area contributed by atoms with Gasteiger partial charge in [-0.1, -0.05) is 36.4 Å². The quantitative estimate of drug-likeness (QED) is 0.827. The molecule has 0 aliphatic carbocycles. The Kier molecular flexibility index (Phi) is 3.74. The maximum Gasteiger partial charge on any atom is 0.205 e. The molecule has 108 valence electrons. The summed E-state index contributed by atoms with van der Waals surface area (Å²) >= 11 is 0. The minimum Gasteiger partial charge on any atom is -0.505 e. The molecule has 0 radical (unpaired) electrons. The van der Waals surface area contributed by atoms with Crippen molar-refractivity contribution in [2.24, 2.45) is 20.4 Å². The van der Waals surface area contributed by atoms with E-state index in [-0.39, 0.29) is 17.2 Å². The zero-order valence-corrected chi connectivity index (χ0v) is 11.5. The van der Waals surface area contributed by atoms with E-state index in [1.807, 2.05) is 36.4 Å². The molecule has 3 rings (SSSR count). The molecule has 0 fully saturated rings. The molecule has 0 saturated heterocycles. The average molecular weight is 292 g/mol. The fraction of sp³-hybridized carbons (Fsp3) is 0. The third kappa shape index (κ3) is 2.90. The first-order valence-electron chi connectivity index (χ1n) is 6.55. The Hall–Kier alpha value is -3.28. The molecule has 0 saturated carbocycles. The highest BCUT2D eigenvalue weighted by Gasteiger charge is 2.11. The first-order valence-corrected chi connectivity index (χ1v) is 6.55. The molecule has 1 heterocycles. The third-order valence-electron chi connectivity index (χ3n) is 2.97. The SMILES string of the molecule is Oc1cccc(O)c1N=NC1=NN=C/C1=C\c1ccccc1. The summed E-state index contributed by atoms with van der Waals surface area (Å²) in [5, 5.41) is 34.8. The number of aromatic hydroxyl groups is 2. The number of benzene rings is 2. The Balaban J connectivity index is 1.87. The molecule has 2 aromatic carbocycles. The molecular formula is C16H12N4O2. The number of phenolic OH excluding ortho intramolecular Hbond substituents is 2. The first kappa shape index (κ1) is 13.7. The second kappa shape index (κ2) is 6.01. The van der Waals surface area contributed by atoms with E-state index in [2.05, 4.69) is 20.4 Å². The molecule has 0 aromatic heterocycles. The number of azo groups is 1. The Bertz CT molecular complexity index is 788. The fourth-order valence-corrected chi connectivity index (χ4v) is 1.89. The van der Waals surface area contributed by atoms with Crippen molar-refractivity contribution in [2.45, 2.75) is 0 Å². The van der Waals surface area contributed by atoms with E-state index in [1.165, 1.54) is 18.2 Å². The van der Waals surface area contributed by atoms with Crippen LogP contribution in [-0.2, 0) is 0 Å². The van der Waals surface area contributed by atoms with Crippen LogP contribution in [0.5, 0.6) is 11.5 Å². The summed E-state index contributed by atoms with van der Waals surface area (Å²) in [5.74, 6) is 0.000199. The average Bonchev–Trinajstić information content (AvgIpc) is 2.95. The predicted octanol–water partition coefficient (Wildman–Crippen LogP) is 3.66. The summed E-state index contributed by atoms with van der Waals surface area (Å²) in [6.45, 7) is 0. The van der Waals surface area contributed by atoms with Crippen molar-refractivity contribution < 1.29 is 10.2 Å². The van der Waals surface area contributed by atoms with Crippen molar-refractivity contribution in [1.29, 1.82) is 0 Å². The molecule has 0 unspecified atom stereocenters. The van der Waals surface area contributed by atoms with Gasteiger partial charge in [-0.2, -0.15) is 5.10 Å². The van der Waals surface area contributed by atoms with Crippen molar-refractivity contribution in [3.05, 3.63) is 59.7 Å². The fourth-order valence-electron chi connectivity index (χ4n) is 1.89. The molecule has 22 heavy (non-hydrogen) atoms. The topological polar surface area (TPSA) is 89.9 Å². The number of rotatable bonds is 2. The molecule has 0 amide bonds. The zero-order valence-electron chi connectivity index (χ0n) is 11.5. The molecule has 0 bridgehead atoms. The van der Waals surface area contributed by atoms with Crippen LogP contribution in [0.1, 0.15) is 5.56 Å². The van der Waals surface area contributed by atoms with Gasteiger partial charge >= 0.3 is 0 Å². The highest BCUT2D eigenvalue weighted by Crippen LogP contribution is 2.35. The molecule has 0 spiro atoms. The lowest BCUT2D eigenvalue weighted by atomic mass is 10.1. The summed E-state index contributed by atoms with van der Waals surface area (Å²) < 4.78 is 0. The maximum atomic E-state index is 9.67. The highest BCUT2D eigenvalue weighted by atomic mass is 16.3. The minimum absolute atomic E-state index is 0.00355. The van der Waals surface area contributed by atoms with Gasteiger partial charge in [0.05, 0.1) is 6.21 Å². The van der Waals surface area contributed by atoms with Crippen LogP contribution < -0.4 is 0 Å². The molecule has 6 heteroatoms. The van der Waals surface area contributed by atoms with Gasteiger partial charge in [-0.25, -0.2) is 0 Å². The van der Waals surface area contributed by atoms with Crippen molar-refractivity contribution in [3.8, 4) is 11.5 Å². The summed E-state index contributed by atoms with van der Waals surface area (Å²) in [7, 11) is 0. The largest absolute Gasteiger partial charge is 0.505 e. The maximum absolute atomic E-state index is 9.67. The number of amidine groups is 1. The van der Waals surface area contributed by atoms with Crippen molar-refractivity contribution in [1.82, 2.24) is 0 Å². The van der Waals surface area contributed by atoms with Crippen LogP contribution in [0.15, 0.2) is 74.5 Å².